The molecule has 0 saturated carbocycles. The van der Waals surface area contributed by atoms with E-state index < -0.39 is 11.7 Å². The Morgan fingerprint density at radius 3 is 2.33 bits per heavy atom. The number of benzene rings is 1. The van der Waals surface area contributed by atoms with Gasteiger partial charge in [0.1, 0.15) is 6.29 Å². The number of para-hydroxylation sites is 1. The first-order valence-electron chi connectivity index (χ1n) is 5.89. The maximum atomic E-state index is 12.9. The third kappa shape index (κ3) is 2.66. The molecule has 1 aromatic rings. The largest absolute Gasteiger partial charge is 0.418 e. The van der Waals surface area contributed by atoms with Crippen LogP contribution in [-0.4, -0.2) is 19.4 Å². The normalized spacial score (nSPS) is 17.8. The van der Waals surface area contributed by atoms with E-state index in [-0.39, 0.29) is 11.6 Å². The van der Waals surface area contributed by atoms with Crippen molar-refractivity contribution in [2.45, 2.75) is 19.0 Å². The van der Waals surface area contributed by atoms with Crippen molar-refractivity contribution >= 4 is 12.0 Å². The Labute approximate surface area is 103 Å². The van der Waals surface area contributed by atoms with Crippen molar-refractivity contribution in [3.63, 3.8) is 0 Å². The second-order valence-electron chi connectivity index (χ2n) is 4.48. The number of anilines is 1. The van der Waals surface area contributed by atoms with Gasteiger partial charge in [-0.3, -0.25) is 0 Å². The number of rotatable bonds is 2. The SMILES string of the molecule is O=CC1CCN(c2ccccc2C(F)(F)F)CC1. The summed E-state index contributed by atoms with van der Waals surface area (Å²) in [4.78, 5) is 12.3. The van der Waals surface area contributed by atoms with E-state index in [1.54, 1.807) is 11.0 Å². The molecule has 0 bridgehead atoms. The van der Waals surface area contributed by atoms with Gasteiger partial charge in [-0.25, -0.2) is 0 Å². The molecule has 1 aromatic carbocycles. The fourth-order valence-corrected chi connectivity index (χ4v) is 2.27. The summed E-state index contributed by atoms with van der Waals surface area (Å²) in [7, 11) is 0. The minimum atomic E-state index is -4.34. The zero-order valence-corrected chi connectivity index (χ0v) is 9.78. The van der Waals surface area contributed by atoms with Crippen LogP contribution < -0.4 is 4.90 Å². The van der Waals surface area contributed by atoms with E-state index in [9.17, 15) is 18.0 Å². The van der Waals surface area contributed by atoms with E-state index in [0.717, 1.165) is 12.4 Å². The van der Waals surface area contributed by atoms with Gasteiger partial charge in [-0.15, -0.1) is 0 Å². The number of carbonyl (C=O) groups is 1. The van der Waals surface area contributed by atoms with Gasteiger partial charge in [0.05, 0.1) is 5.56 Å². The first-order chi connectivity index (χ1) is 8.52. The predicted octanol–water partition coefficient (Wildman–Crippen LogP) is 3.12. The van der Waals surface area contributed by atoms with Crippen molar-refractivity contribution in [3.05, 3.63) is 29.8 Å². The highest BCUT2D eigenvalue weighted by molar-refractivity contribution is 5.58. The van der Waals surface area contributed by atoms with E-state index >= 15 is 0 Å². The Bertz CT molecular complexity index is 422. The maximum absolute atomic E-state index is 12.9. The van der Waals surface area contributed by atoms with Crippen LogP contribution in [0.5, 0.6) is 0 Å². The molecule has 0 radical (unpaired) electrons. The molecule has 0 aliphatic carbocycles. The first-order valence-corrected chi connectivity index (χ1v) is 5.89. The third-order valence-electron chi connectivity index (χ3n) is 3.28. The molecule has 0 N–H and O–H groups in total. The smallest absolute Gasteiger partial charge is 0.371 e. The quantitative estimate of drug-likeness (QED) is 0.759. The number of aldehydes is 1. The zero-order valence-electron chi connectivity index (χ0n) is 9.78. The minimum absolute atomic E-state index is 0.0145. The fourth-order valence-electron chi connectivity index (χ4n) is 2.27. The van der Waals surface area contributed by atoms with Crippen LogP contribution >= 0.6 is 0 Å². The van der Waals surface area contributed by atoms with Crippen molar-refractivity contribution < 1.29 is 18.0 Å². The van der Waals surface area contributed by atoms with Gasteiger partial charge in [0.25, 0.3) is 0 Å². The second kappa shape index (κ2) is 5.00. The zero-order chi connectivity index (χ0) is 13.2. The van der Waals surface area contributed by atoms with Gasteiger partial charge in [-0.2, -0.15) is 13.2 Å². The molecule has 2 rings (SSSR count). The van der Waals surface area contributed by atoms with Crippen LogP contribution in [0.2, 0.25) is 0 Å². The molecule has 1 aliphatic rings. The minimum Gasteiger partial charge on any atom is -0.371 e. The number of piperidine rings is 1. The molecule has 2 nitrogen and oxygen atoms in total. The van der Waals surface area contributed by atoms with Crippen LogP contribution in [0.25, 0.3) is 0 Å². The summed E-state index contributed by atoms with van der Waals surface area (Å²) in [5, 5.41) is 0. The third-order valence-corrected chi connectivity index (χ3v) is 3.28. The van der Waals surface area contributed by atoms with E-state index in [4.69, 9.17) is 0 Å². The van der Waals surface area contributed by atoms with Crippen LogP contribution in [-0.2, 0) is 11.0 Å². The Morgan fingerprint density at radius 1 is 1.17 bits per heavy atom. The van der Waals surface area contributed by atoms with Gasteiger partial charge in [0.15, 0.2) is 0 Å². The lowest BCUT2D eigenvalue weighted by molar-refractivity contribution is -0.137. The molecule has 98 valence electrons. The van der Waals surface area contributed by atoms with E-state index in [0.29, 0.717) is 25.9 Å². The summed E-state index contributed by atoms with van der Waals surface area (Å²) in [6, 6.07) is 5.59. The van der Waals surface area contributed by atoms with E-state index in [2.05, 4.69) is 0 Å². The molecule has 0 spiro atoms. The average molecular weight is 257 g/mol. The topological polar surface area (TPSA) is 20.3 Å². The molecule has 1 fully saturated rings. The highest BCUT2D eigenvalue weighted by atomic mass is 19.4. The first kappa shape index (κ1) is 12.9. The molecule has 0 unspecified atom stereocenters. The monoisotopic (exact) mass is 257 g/mol. The summed E-state index contributed by atoms with van der Waals surface area (Å²) < 4.78 is 38.6. The molecule has 0 amide bonds. The van der Waals surface area contributed by atoms with Gasteiger partial charge in [-0.1, -0.05) is 12.1 Å². The number of hydrogen-bond donors (Lipinski definition) is 0. The van der Waals surface area contributed by atoms with Crippen molar-refractivity contribution in [2.24, 2.45) is 5.92 Å². The van der Waals surface area contributed by atoms with Crippen LogP contribution in [0.1, 0.15) is 18.4 Å². The molecule has 1 heterocycles. The lowest BCUT2D eigenvalue weighted by Crippen LogP contribution is -2.35. The number of alkyl halides is 3. The van der Waals surface area contributed by atoms with Gasteiger partial charge >= 0.3 is 6.18 Å². The van der Waals surface area contributed by atoms with Crippen LogP contribution in [0.4, 0.5) is 18.9 Å². The Hall–Kier alpha value is -1.52. The molecule has 0 aromatic heterocycles. The number of halogens is 3. The van der Waals surface area contributed by atoms with Crippen LogP contribution in [0.15, 0.2) is 24.3 Å². The average Bonchev–Trinajstić information content (AvgIpc) is 2.38. The summed E-state index contributed by atoms with van der Waals surface area (Å²) in [5.74, 6) is -0.0145. The van der Waals surface area contributed by atoms with E-state index in [1.165, 1.54) is 12.1 Å². The lowest BCUT2D eigenvalue weighted by Gasteiger charge is -2.33. The Kier molecular flexibility index (Phi) is 3.59. The summed E-state index contributed by atoms with van der Waals surface area (Å²) in [6.45, 7) is 0.993. The Morgan fingerprint density at radius 2 is 1.78 bits per heavy atom. The lowest BCUT2D eigenvalue weighted by atomic mass is 9.97. The maximum Gasteiger partial charge on any atom is 0.418 e. The van der Waals surface area contributed by atoms with Crippen molar-refractivity contribution in [3.8, 4) is 0 Å². The molecule has 18 heavy (non-hydrogen) atoms. The molecular weight excluding hydrogens is 243 g/mol. The van der Waals surface area contributed by atoms with Gasteiger partial charge in [0, 0.05) is 24.7 Å². The number of nitrogens with zero attached hydrogens (tertiary/aromatic N) is 1. The van der Waals surface area contributed by atoms with Gasteiger partial charge in [-0.05, 0) is 25.0 Å². The number of hydrogen-bond acceptors (Lipinski definition) is 2. The highest BCUT2D eigenvalue weighted by Gasteiger charge is 2.35. The summed E-state index contributed by atoms with van der Waals surface area (Å²) >= 11 is 0. The molecule has 5 heteroatoms. The summed E-state index contributed by atoms with van der Waals surface area (Å²) in [6.07, 6.45) is -2.20. The standard InChI is InChI=1S/C13H14F3NO/c14-13(15,16)11-3-1-2-4-12(11)17-7-5-10(9-18)6-8-17/h1-4,9-10H,5-8H2. The van der Waals surface area contributed by atoms with Crippen molar-refractivity contribution in [1.82, 2.24) is 0 Å². The van der Waals surface area contributed by atoms with Crippen LogP contribution in [0.3, 0.4) is 0 Å². The predicted molar refractivity (Wildman–Crippen MR) is 62.4 cm³/mol. The molecule has 1 saturated heterocycles. The Balaban J connectivity index is 2.22. The highest BCUT2D eigenvalue weighted by Crippen LogP contribution is 2.37. The number of carbonyl (C=O) groups excluding carboxylic acids is 1. The summed E-state index contributed by atoms with van der Waals surface area (Å²) in [5.41, 5.74) is -0.385. The van der Waals surface area contributed by atoms with Gasteiger partial charge < -0.3 is 9.69 Å². The van der Waals surface area contributed by atoms with Gasteiger partial charge in [0.2, 0.25) is 0 Å². The van der Waals surface area contributed by atoms with Crippen molar-refractivity contribution in [1.29, 1.82) is 0 Å². The van der Waals surface area contributed by atoms with E-state index in [1.807, 2.05) is 0 Å². The molecular formula is C13H14F3NO. The second-order valence-corrected chi connectivity index (χ2v) is 4.48. The van der Waals surface area contributed by atoms with Crippen LogP contribution in [0, 0.1) is 5.92 Å². The molecule has 1 aliphatic heterocycles. The molecule has 0 atom stereocenters. The fraction of sp³-hybridized carbons (Fsp3) is 0.462. The van der Waals surface area contributed by atoms with Crippen molar-refractivity contribution in [2.75, 3.05) is 18.0 Å².